The molecule has 3 aromatic carbocycles. The van der Waals surface area contributed by atoms with Crippen molar-refractivity contribution in [1.29, 1.82) is 0 Å². The van der Waals surface area contributed by atoms with Gasteiger partial charge in [-0.1, -0.05) is 75.4 Å². The van der Waals surface area contributed by atoms with E-state index in [1.54, 1.807) is 96.1 Å². The van der Waals surface area contributed by atoms with Crippen LogP contribution in [0.5, 0.6) is 17.2 Å². The number of benzene rings is 3. The van der Waals surface area contributed by atoms with Crippen LogP contribution in [0, 0.1) is 58.2 Å². The molecular formula is C72H90N9O27P3. The summed E-state index contributed by atoms with van der Waals surface area (Å²) in [6.45, 7) is 31.7. The summed E-state index contributed by atoms with van der Waals surface area (Å²) in [7, 11) is -13.5. The van der Waals surface area contributed by atoms with E-state index in [-0.39, 0.29) is 33.9 Å². The molecule has 3 fully saturated rings. The molecule has 0 amide bonds. The first-order chi connectivity index (χ1) is 54.5. The molecule has 36 nitrogen and oxygen atoms in total. The van der Waals surface area contributed by atoms with E-state index in [0.29, 0.717) is 0 Å². The Morgan fingerprint density at radius 3 is 0.874 bits per heavy atom. The Bertz CT molecular complexity index is 4670. The molecule has 3 saturated heterocycles. The fourth-order valence-corrected chi connectivity index (χ4v) is 15.7. The number of aromatic amines is 3. The quantitative estimate of drug-likeness (QED) is 0.0117. The molecule has 600 valence electrons. The zero-order chi connectivity index (χ0) is 87.4. The number of nitrogens with one attached hydrogen (secondary N) is 3. The number of rotatable bonds is 30. The van der Waals surface area contributed by atoms with Crippen LogP contribution in [0.25, 0.3) is 14.5 Å². The molecule has 0 radical (unpaired) electrons. The Hall–Kier alpha value is -9.69. The van der Waals surface area contributed by atoms with E-state index in [4.69, 9.17) is 83.5 Å². The van der Waals surface area contributed by atoms with Crippen LogP contribution in [-0.2, 0) is 70.1 Å². The number of hydrogen-bond acceptors (Lipinski definition) is 27. The van der Waals surface area contributed by atoms with Crippen LogP contribution < -0.4 is 47.3 Å². The van der Waals surface area contributed by atoms with Gasteiger partial charge in [-0.3, -0.25) is 71.0 Å². The SMILES string of the molecule is [2H]C([2H])(OP(=O)(C[C@@H](C)C(=O)OC(C)C)Oc1ccccc1)[C@@H]1O[C@H](n2cc(C)c(=O)[nH]c2=O)[C@H]([N+]#[C-])C1O.[2H]C([2H])(O[P@@](=O)(C[C@@H](C)C(=O)OC(C)C)Oc1ccccc1)[C@@H]1O[C@H](n2cc(C)c(=O)[nH]c2=O)[C@H]([N+]#[C-])C1O.[2H]C([2H])(O[P@](=O)(C[C@@H](C)C(=O)OC(C)C)Oc1ccccc1)[C@@H]1O[C@H](n2cc(C)c(=O)[nH]c2=O)[C@H]([N+]#[C-])C1O. The number of aliphatic hydroxyl groups excluding tert-OH is 3. The van der Waals surface area contributed by atoms with Gasteiger partial charge in [0.1, 0.15) is 35.6 Å². The fourth-order valence-electron chi connectivity index (χ4n) is 10.6. The lowest BCUT2D eigenvalue weighted by molar-refractivity contribution is -0.152. The number of nitrogens with zero attached hydrogens (tertiary/aromatic N) is 6. The van der Waals surface area contributed by atoms with Gasteiger partial charge >= 0.3 is 57.8 Å². The lowest BCUT2D eigenvalue weighted by Gasteiger charge is -2.24. The van der Waals surface area contributed by atoms with Crippen molar-refractivity contribution in [1.82, 2.24) is 28.7 Å². The number of aromatic nitrogens is 6. The molecule has 6 N–H and O–H groups in total. The molecule has 0 aliphatic carbocycles. The zero-order valence-corrected chi connectivity index (χ0v) is 64.8. The smallest absolute Gasteiger partial charge is 0.380 e. The average Bonchev–Trinajstić information content (AvgIpc) is 1.64. The van der Waals surface area contributed by atoms with Crippen molar-refractivity contribution in [2.45, 2.75) is 175 Å². The number of H-pyrrole nitrogens is 3. The number of carbonyl (C=O) groups is 3. The lowest BCUT2D eigenvalue weighted by atomic mass is 10.1. The van der Waals surface area contributed by atoms with Gasteiger partial charge in [0, 0.05) is 35.3 Å². The summed E-state index contributed by atoms with van der Waals surface area (Å²) in [5.41, 5.74) is -4.45. The summed E-state index contributed by atoms with van der Waals surface area (Å²) >= 11 is 0. The minimum atomic E-state index is -4.50. The predicted octanol–water partition coefficient (Wildman–Crippen LogP) is 6.80. The van der Waals surface area contributed by atoms with Gasteiger partial charge < -0.3 is 71.8 Å². The maximum Gasteiger partial charge on any atom is 0.380 e. The van der Waals surface area contributed by atoms with E-state index >= 15 is 0 Å². The van der Waals surface area contributed by atoms with Crippen molar-refractivity contribution in [2.24, 2.45) is 17.8 Å². The molecular weight excluding hydrogens is 1520 g/mol. The minimum Gasteiger partial charge on any atom is -0.463 e. The van der Waals surface area contributed by atoms with Crippen molar-refractivity contribution in [3.05, 3.63) is 223 Å². The molecule has 0 spiro atoms. The van der Waals surface area contributed by atoms with Gasteiger partial charge in [0.05, 0.1) is 82.5 Å². The van der Waals surface area contributed by atoms with Crippen LogP contribution >= 0.6 is 22.8 Å². The highest BCUT2D eigenvalue weighted by molar-refractivity contribution is 7.55. The van der Waals surface area contributed by atoms with Crippen LogP contribution in [0.4, 0.5) is 0 Å². The van der Waals surface area contributed by atoms with Crippen LogP contribution in [-0.4, -0.2) is 173 Å². The minimum absolute atomic E-state index is 0.0705. The molecule has 0 bridgehead atoms. The van der Waals surface area contributed by atoms with Gasteiger partial charge in [-0.2, -0.15) is 0 Å². The van der Waals surface area contributed by atoms with Gasteiger partial charge in [0.15, 0.2) is 18.3 Å². The van der Waals surface area contributed by atoms with E-state index in [0.717, 1.165) is 32.3 Å². The van der Waals surface area contributed by atoms with E-state index in [1.165, 1.54) is 77.9 Å². The molecule has 3 aromatic heterocycles. The fraction of sp³-hybridized carbons (Fsp3) is 0.500. The van der Waals surface area contributed by atoms with Crippen molar-refractivity contribution < 1.29 is 107 Å². The van der Waals surface area contributed by atoms with Gasteiger partial charge in [-0.25, -0.2) is 47.8 Å². The summed E-state index contributed by atoms with van der Waals surface area (Å²) in [6.07, 6.45) is -15.5. The Morgan fingerprint density at radius 1 is 0.441 bits per heavy atom. The third-order valence-corrected chi connectivity index (χ3v) is 21.7. The van der Waals surface area contributed by atoms with E-state index in [9.17, 15) is 72.2 Å². The van der Waals surface area contributed by atoms with Crippen LogP contribution in [0.15, 0.2) is 138 Å². The van der Waals surface area contributed by atoms with Crippen LogP contribution in [0.1, 0.15) is 106 Å². The number of aryl methyl sites for hydroxylation is 3. The third-order valence-electron chi connectivity index (χ3n) is 16.1. The summed E-state index contributed by atoms with van der Waals surface area (Å²) in [4.78, 5) is 126. The summed E-state index contributed by atoms with van der Waals surface area (Å²) < 4.78 is 161. The van der Waals surface area contributed by atoms with Gasteiger partial charge in [-0.05, 0) is 98.7 Å². The first-order valence-corrected chi connectivity index (χ1v) is 39.5. The molecule has 3 aliphatic heterocycles. The van der Waals surface area contributed by atoms with Gasteiger partial charge in [0.2, 0.25) is 18.7 Å². The van der Waals surface area contributed by atoms with E-state index < -0.39 is 222 Å². The summed E-state index contributed by atoms with van der Waals surface area (Å²) in [6, 6.07) is 18.9. The second-order valence-electron chi connectivity index (χ2n) is 26.5. The normalized spacial score (nSPS) is 24.9. The van der Waals surface area contributed by atoms with Crippen LogP contribution in [0.2, 0.25) is 0 Å². The second kappa shape index (κ2) is 39.5. The van der Waals surface area contributed by atoms with E-state index in [1.807, 2.05) is 0 Å². The maximum atomic E-state index is 13.9. The van der Waals surface area contributed by atoms with Crippen molar-refractivity contribution in [3.63, 3.8) is 0 Å². The van der Waals surface area contributed by atoms with Gasteiger partial charge in [-0.15, -0.1) is 0 Å². The second-order valence-corrected chi connectivity index (χ2v) is 32.3. The van der Waals surface area contributed by atoms with Crippen molar-refractivity contribution >= 4 is 40.7 Å². The lowest BCUT2D eigenvalue weighted by Crippen LogP contribution is -2.37. The molecule has 4 unspecified atom stereocenters. The Kier molecular flexibility index (Phi) is 28.2. The largest absolute Gasteiger partial charge is 0.463 e. The highest BCUT2D eigenvalue weighted by Gasteiger charge is 2.54. The Labute approximate surface area is 645 Å². The number of hydrogen-bond donors (Lipinski definition) is 6. The molecule has 9 rings (SSSR count). The predicted molar refractivity (Wildman–Crippen MR) is 397 cm³/mol. The third kappa shape index (κ3) is 24.2. The van der Waals surface area contributed by atoms with Gasteiger partial charge in [0.25, 0.3) is 34.8 Å². The summed E-state index contributed by atoms with van der Waals surface area (Å²) in [5, 5.41) is 32.5. The maximum absolute atomic E-state index is 13.9. The van der Waals surface area contributed by atoms with Crippen molar-refractivity contribution in [2.75, 3.05) is 38.2 Å². The molecule has 0 saturated carbocycles. The topological polar surface area (TPSA) is 452 Å². The molecule has 6 aromatic rings. The standard InChI is InChI=1S/3C24H30N3O9P/c3*1-14(2)34-23(30)16(4)13-37(32,36-17-9-7-6-8-10-17)33-12-18-20(28)19(25-5)22(35-18)27-11-15(3)21(29)26-24(27)31/h3*6-11,14,16,18-20,22,28H,12-13H2,1-4H3,(H,26,29,31)/t16-,18+,19-,20?,22+,37?;16-,18+,19-,20?,22+,37+;16-,18+,19-,20?,22+,37-/m111/s1/i3*12D2. The number of esters is 3. The average molecular weight is 1610 g/mol. The van der Waals surface area contributed by atoms with E-state index in [2.05, 4.69) is 29.5 Å². The summed E-state index contributed by atoms with van der Waals surface area (Å²) in [5.74, 6) is -4.99. The molecule has 111 heavy (non-hydrogen) atoms. The molecule has 39 heteroatoms. The first kappa shape index (κ1) is 79.4. The van der Waals surface area contributed by atoms with Crippen LogP contribution in [0.3, 0.4) is 0 Å². The number of para-hydroxylation sites is 3. The molecule has 3 aliphatic rings. The molecule has 18 atom stereocenters. The Morgan fingerprint density at radius 2 is 0.667 bits per heavy atom. The Balaban J connectivity index is 0.000000242. The highest BCUT2D eigenvalue weighted by Crippen LogP contribution is 2.54. The van der Waals surface area contributed by atoms with Crippen molar-refractivity contribution in [3.8, 4) is 17.2 Å². The zero-order valence-electron chi connectivity index (χ0n) is 68.1. The number of aliphatic hydroxyl groups is 3. The number of ether oxygens (including phenoxy) is 6. The monoisotopic (exact) mass is 1610 g/mol. The number of carbonyl (C=O) groups excluding carboxylic acids is 3. The highest BCUT2D eigenvalue weighted by atomic mass is 31.2. The molecule has 6 heterocycles. The first-order valence-electron chi connectivity index (χ1n) is 37.3.